The first-order chi connectivity index (χ1) is 34.9. The Balaban J connectivity index is 0.000000136. The first-order valence-corrected chi connectivity index (χ1v) is 29.4. The van der Waals surface area contributed by atoms with Crippen LogP contribution in [0.1, 0.15) is 51.0 Å². The Labute approximate surface area is 452 Å². The van der Waals surface area contributed by atoms with E-state index in [0.717, 1.165) is 74.4 Å². The zero-order chi connectivity index (χ0) is 51.8. The van der Waals surface area contributed by atoms with E-state index >= 15 is 0 Å². The summed E-state index contributed by atoms with van der Waals surface area (Å²) in [7, 11) is -7.21. The topological polar surface area (TPSA) is 228 Å². The van der Waals surface area contributed by atoms with Crippen LogP contribution in [0.4, 0.5) is 0 Å². The predicted octanol–water partition coefficient (Wildman–Crippen LogP) is 11.9. The second-order valence-corrected chi connectivity index (χ2v) is 23.7. The predicted molar refractivity (Wildman–Crippen MR) is 284 cm³/mol. The molecule has 6 aromatic heterocycles. The Morgan fingerprint density at radius 2 is 1.03 bits per heavy atom. The van der Waals surface area contributed by atoms with Crippen LogP contribution in [0.2, 0.25) is 30.1 Å². The van der Waals surface area contributed by atoms with Gasteiger partial charge in [0.05, 0.1) is 34.0 Å². The number of nitrogens with zero attached hydrogens (tertiary/aromatic N) is 11. The van der Waals surface area contributed by atoms with Crippen molar-refractivity contribution in [2.75, 3.05) is 32.0 Å². The van der Waals surface area contributed by atoms with Gasteiger partial charge in [0, 0.05) is 57.5 Å². The molecule has 0 saturated carbocycles. The van der Waals surface area contributed by atoms with E-state index < -0.39 is 19.7 Å². The van der Waals surface area contributed by atoms with E-state index in [1.807, 2.05) is 16.9 Å². The number of sulfone groups is 2. The fraction of sp³-hybridized carbons (Fsp3) is 0.283. The molecular formula is C46H40Cl6N12O6S3. The molecule has 9 aromatic rings. The Kier molecular flexibility index (Phi) is 16.1. The van der Waals surface area contributed by atoms with Gasteiger partial charge in [-0.25, -0.2) is 51.7 Å². The molecule has 0 radical (unpaired) electrons. The molecule has 3 aromatic carbocycles. The highest BCUT2D eigenvalue weighted by atomic mass is 35.5. The minimum atomic E-state index is -3.64. The first-order valence-electron chi connectivity index (χ1n) is 22.1. The van der Waals surface area contributed by atoms with Crippen LogP contribution in [0.3, 0.4) is 0 Å². The normalized spacial score (nSPS) is 16.3. The number of thioether (sulfide) groups is 1. The van der Waals surface area contributed by atoms with Crippen LogP contribution >= 0.6 is 81.4 Å². The maximum Gasteiger partial charge on any atom is 0.249 e. The van der Waals surface area contributed by atoms with Gasteiger partial charge in [0.15, 0.2) is 22.1 Å². The SMILES string of the molecule is CS(=O)(=O)c1nc(-c2ccc(Cl)cc2Cl)c2[nH]cnc2n1.CS(=O)(=O)c1nc(-c2ccc(Cl)cc2Cl)c2ncn(C3CCCCO3)c2n1.CSc1nc(-c2ccc(Cl)cc2Cl)c2ncn(C3CCCCO3)c2n1. The largest absolute Gasteiger partial charge is 0.358 e. The third kappa shape index (κ3) is 11.7. The minimum Gasteiger partial charge on any atom is -0.358 e. The molecule has 2 unspecified atom stereocenters. The van der Waals surface area contributed by atoms with Gasteiger partial charge < -0.3 is 14.5 Å². The lowest BCUT2D eigenvalue weighted by Gasteiger charge is -2.23. The summed E-state index contributed by atoms with van der Waals surface area (Å²) in [5, 5.41) is 2.87. The number of ether oxygens (including phenoxy) is 2. The maximum atomic E-state index is 12.2. The fourth-order valence-electron chi connectivity index (χ4n) is 7.95. The average Bonchev–Trinajstić information content (AvgIpc) is 4.13. The zero-order valence-electron chi connectivity index (χ0n) is 38.6. The van der Waals surface area contributed by atoms with Crippen molar-refractivity contribution in [2.45, 2.75) is 66.5 Å². The highest BCUT2D eigenvalue weighted by Gasteiger charge is 2.27. The van der Waals surface area contributed by atoms with E-state index in [9.17, 15) is 16.8 Å². The van der Waals surface area contributed by atoms with Gasteiger partial charge in [-0.1, -0.05) is 81.4 Å². The standard InChI is InChI=1S/C17H16Cl2N4O3S.C17H16Cl2N4OS.C12H8Cl2N4O2S/c1-27(24,25)17-21-14(11-6-5-10(18)8-12(11)19)15-16(22-17)23(9-20-15)13-4-2-3-7-26-13;1-25-17-21-14(11-6-5-10(18)8-12(11)19)15-16(22-17)23(9-20-15)13-4-2-3-7-24-13;1-21(19,20)12-17-9(10-11(18-12)16-5-15-10)7-3-2-6(13)4-8(7)14/h5-6,8-9,13H,2-4,7H2,1H3;5-6,8-9,13H,2-4,7H2,1H3;2-5H,1H3,(H,15,16,17,18). The van der Waals surface area contributed by atoms with Crippen LogP contribution in [0.15, 0.2) is 89.0 Å². The van der Waals surface area contributed by atoms with Crippen LogP contribution in [0.25, 0.3) is 67.3 Å². The van der Waals surface area contributed by atoms with Crippen molar-refractivity contribution in [3.8, 4) is 33.8 Å². The van der Waals surface area contributed by atoms with E-state index in [1.165, 1.54) is 18.1 Å². The van der Waals surface area contributed by atoms with E-state index in [0.29, 0.717) is 86.8 Å². The zero-order valence-corrected chi connectivity index (χ0v) is 45.6. The molecule has 8 heterocycles. The van der Waals surface area contributed by atoms with E-state index in [1.54, 1.807) is 65.8 Å². The van der Waals surface area contributed by atoms with Gasteiger partial charge in [-0.05, 0) is 99.4 Å². The lowest BCUT2D eigenvalue weighted by Crippen LogP contribution is -2.18. The van der Waals surface area contributed by atoms with Crippen LogP contribution in [0, 0.1) is 0 Å². The molecule has 0 spiro atoms. The number of H-pyrrole nitrogens is 1. The van der Waals surface area contributed by atoms with Gasteiger partial charge >= 0.3 is 0 Å². The Morgan fingerprint density at radius 1 is 0.575 bits per heavy atom. The number of hydrogen-bond acceptors (Lipinski definition) is 16. The van der Waals surface area contributed by atoms with Crippen LogP contribution in [-0.4, -0.2) is 108 Å². The summed E-state index contributed by atoms with van der Waals surface area (Å²) in [5.41, 5.74) is 6.40. The van der Waals surface area contributed by atoms with Crippen molar-refractivity contribution >= 4 is 135 Å². The number of rotatable bonds is 8. The number of benzene rings is 3. The number of imidazole rings is 3. The van der Waals surface area contributed by atoms with Crippen LogP contribution in [0.5, 0.6) is 0 Å². The second-order valence-electron chi connectivity index (χ2n) is 16.6. The molecule has 27 heteroatoms. The number of nitrogens with one attached hydrogen (secondary N) is 1. The summed E-state index contributed by atoms with van der Waals surface area (Å²) in [6, 6.07) is 15.2. The monoisotopic (exact) mass is 1160 g/mol. The van der Waals surface area contributed by atoms with Crippen molar-refractivity contribution in [2.24, 2.45) is 0 Å². The van der Waals surface area contributed by atoms with E-state index in [4.69, 9.17) is 79.1 Å². The minimum absolute atomic E-state index is 0.0307. The first kappa shape index (κ1) is 53.1. The average molecular weight is 1170 g/mol. The lowest BCUT2D eigenvalue weighted by molar-refractivity contribution is -0.0299. The number of hydrogen-bond donors (Lipinski definition) is 1. The molecule has 2 aliphatic heterocycles. The second kappa shape index (κ2) is 22.2. The van der Waals surface area contributed by atoms with Crippen molar-refractivity contribution in [1.82, 2.24) is 59.0 Å². The van der Waals surface area contributed by atoms with Gasteiger partial charge in [-0.3, -0.25) is 9.13 Å². The fourth-order valence-corrected chi connectivity index (χ4v) is 10.8. The number of aromatic amines is 1. The highest BCUT2D eigenvalue weighted by Crippen LogP contribution is 2.38. The summed E-state index contributed by atoms with van der Waals surface area (Å²) in [6.07, 6.45) is 14.6. The Morgan fingerprint density at radius 3 is 1.48 bits per heavy atom. The molecule has 0 bridgehead atoms. The third-order valence-corrected chi connectivity index (χ3v) is 15.3. The molecule has 11 rings (SSSR count). The maximum absolute atomic E-state index is 12.2. The molecule has 2 saturated heterocycles. The molecule has 73 heavy (non-hydrogen) atoms. The molecular weight excluding hydrogens is 1130 g/mol. The summed E-state index contributed by atoms with van der Waals surface area (Å²) in [4.78, 5) is 41.7. The Hall–Kier alpha value is -4.78. The highest BCUT2D eigenvalue weighted by molar-refractivity contribution is 7.98. The molecule has 0 aliphatic carbocycles. The Bertz CT molecular complexity index is 3780. The smallest absolute Gasteiger partial charge is 0.249 e. The van der Waals surface area contributed by atoms with Gasteiger partial charge in [-0.2, -0.15) is 9.97 Å². The lowest BCUT2D eigenvalue weighted by atomic mass is 10.1. The molecule has 2 atom stereocenters. The third-order valence-electron chi connectivity index (χ3n) is 11.4. The van der Waals surface area contributed by atoms with Gasteiger partial charge in [-0.15, -0.1) is 0 Å². The summed E-state index contributed by atoms with van der Waals surface area (Å²) < 4.78 is 63.2. The molecule has 2 fully saturated rings. The summed E-state index contributed by atoms with van der Waals surface area (Å²) in [5.74, 6) is 0. The van der Waals surface area contributed by atoms with Gasteiger partial charge in [0.2, 0.25) is 30.0 Å². The summed E-state index contributed by atoms with van der Waals surface area (Å²) in [6.45, 7) is 1.41. The van der Waals surface area contributed by atoms with Crippen LogP contribution < -0.4 is 0 Å². The van der Waals surface area contributed by atoms with Gasteiger partial charge in [0.25, 0.3) is 0 Å². The quantitative estimate of drug-likeness (QED) is 0.110. The number of halogens is 6. The molecule has 18 nitrogen and oxygen atoms in total. The van der Waals surface area contributed by atoms with Crippen molar-refractivity contribution in [1.29, 1.82) is 0 Å². The molecule has 2 aliphatic rings. The van der Waals surface area contributed by atoms with E-state index in [2.05, 4.69) is 49.8 Å². The van der Waals surface area contributed by atoms with Crippen molar-refractivity contribution < 1.29 is 26.3 Å². The molecule has 1 N–H and O–H groups in total. The number of fused-ring (bicyclic) bond motifs is 3. The van der Waals surface area contributed by atoms with Crippen LogP contribution in [-0.2, 0) is 29.1 Å². The van der Waals surface area contributed by atoms with Crippen molar-refractivity contribution in [3.05, 3.63) is 104 Å². The summed E-state index contributed by atoms with van der Waals surface area (Å²) >= 11 is 38.3. The van der Waals surface area contributed by atoms with E-state index in [-0.39, 0.29) is 28.4 Å². The van der Waals surface area contributed by atoms with Gasteiger partial charge in [0.1, 0.15) is 46.1 Å². The number of aromatic nitrogens is 12. The van der Waals surface area contributed by atoms with Crippen molar-refractivity contribution in [3.63, 3.8) is 0 Å². The molecule has 380 valence electrons. The molecule has 0 amide bonds.